The number of aromatic amines is 1. The number of fused-ring (bicyclic) bond motifs is 1. The molecule has 1 aromatic heterocycles. The number of aliphatic imine (C=N–C) groups is 1. The van der Waals surface area contributed by atoms with Gasteiger partial charge in [0.05, 0.1) is 61.2 Å². The fourth-order valence-corrected chi connectivity index (χ4v) is 9.85. The number of isocyanates is 1. The van der Waals surface area contributed by atoms with E-state index < -0.39 is 67.2 Å². The van der Waals surface area contributed by atoms with E-state index in [2.05, 4.69) is 35.5 Å². The van der Waals surface area contributed by atoms with Crippen LogP contribution in [0.5, 0.6) is 5.75 Å². The summed E-state index contributed by atoms with van der Waals surface area (Å²) in [6.45, 7) is 13.6. The maximum absolute atomic E-state index is 14.1. The number of carboxylic acids is 1. The van der Waals surface area contributed by atoms with E-state index in [9.17, 15) is 50.5 Å². The third-order valence-corrected chi connectivity index (χ3v) is 13.5. The van der Waals surface area contributed by atoms with Gasteiger partial charge >= 0.3 is 5.97 Å². The molecule has 75 heavy (non-hydrogen) atoms. The lowest BCUT2D eigenvalue weighted by Gasteiger charge is -2.31. The molecule has 25 nitrogen and oxygen atoms in total. The van der Waals surface area contributed by atoms with Gasteiger partial charge in [0.2, 0.25) is 5.91 Å². The summed E-state index contributed by atoms with van der Waals surface area (Å²) in [5.74, 6) is -4.23. The molecule has 3 unspecified atom stereocenters. The van der Waals surface area contributed by atoms with Crippen LogP contribution in [-0.4, -0.2) is 158 Å². The Hall–Kier alpha value is -6.16. The molecule has 0 fully saturated rings. The molecule has 414 valence electrons. The van der Waals surface area contributed by atoms with E-state index >= 15 is 0 Å². The minimum atomic E-state index is -4.62. The predicted octanol–water partition coefficient (Wildman–Crippen LogP) is 4.16. The number of carboxylic acid groups (broad SMARTS) is 1. The molecule has 4 rings (SSSR count). The first-order chi connectivity index (χ1) is 35.4. The Morgan fingerprint density at radius 3 is 2.19 bits per heavy atom. The topological polar surface area (TPSA) is 336 Å². The van der Waals surface area contributed by atoms with Gasteiger partial charge in [-0.15, -0.1) is 4.83 Å². The van der Waals surface area contributed by atoms with E-state index in [1.165, 1.54) is 39.0 Å². The van der Waals surface area contributed by atoms with Gasteiger partial charge < -0.3 is 39.7 Å². The van der Waals surface area contributed by atoms with Gasteiger partial charge in [0, 0.05) is 50.7 Å². The average Bonchev–Trinajstić information content (AvgIpc) is 3.85. The highest BCUT2D eigenvalue weighted by molar-refractivity contribution is 7.89. The number of aromatic nitrogens is 2. The second-order valence-electron chi connectivity index (χ2n) is 18.5. The normalized spacial score (nSPS) is 14.5. The lowest BCUT2D eigenvalue weighted by molar-refractivity contribution is -0.248. The van der Waals surface area contributed by atoms with Gasteiger partial charge in [-0.3, -0.25) is 18.9 Å². The number of imidazole rings is 1. The van der Waals surface area contributed by atoms with Crippen molar-refractivity contribution in [3.63, 3.8) is 0 Å². The number of nitrogens with one attached hydrogen (secondary N) is 4. The summed E-state index contributed by atoms with van der Waals surface area (Å²) in [4.78, 5) is 82.1. The number of ether oxygens (including phenoxy) is 4. The number of hydrazine groups is 1. The SMILES string of the molecule is Cc1cc(OCCCC(=O)NCCCOCCOCCOCCCCC(CS(=O)(=O)O)N(N=C=O)OC(C)(C)C)cc(C)c1S(=O)(=O)NN(C(=O)C1=Nc2cc(CNc3ncc[nH]3)ccc2C(=O)C1C)C(C)C(=O)O. The van der Waals surface area contributed by atoms with Crippen LogP contribution in [0, 0.1) is 19.8 Å². The highest BCUT2D eigenvalue weighted by Crippen LogP contribution is 2.32. The van der Waals surface area contributed by atoms with Crippen LogP contribution < -0.4 is 20.2 Å². The highest BCUT2D eigenvalue weighted by Gasteiger charge is 2.40. The van der Waals surface area contributed by atoms with Crippen molar-refractivity contribution in [3.05, 3.63) is 65.0 Å². The van der Waals surface area contributed by atoms with E-state index in [-0.39, 0.29) is 58.3 Å². The first-order valence-electron chi connectivity index (χ1n) is 24.2. The van der Waals surface area contributed by atoms with Crippen LogP contribution in [0.15, 0.2) is 57.7 Å². The van der Waals surface area contributed by atoms with Crippen LogP contribution in [0.4, 0.5) is 11.6 Å². The molecule has 1 aliphatic heterocycles. The number of carbonyl (C=O) groups is 4. The van der Waals surface area contributed by atoms with Crippen LogP contribution in [0.25, 0.3) is 0 Å². The number of sulfonamides is 1. The Morgan fingerprint density at radius 2 is 1.59 bits per heavy atom. The van der Waals surface area contributed by atoms with Gasteiger partial charge in [0.25, 0.3) is 32.1 Å². The Labute approximate surface area is 436 Å². The van der Waals surface area contributed by atoms with Crippen molar-refractivity contribution in [2.75, 3.05) is 63.9 Å². The molecule has 2 amide bonds. The molecule has 1 aliphatic rings. The zero-order chi connectivity index (χ0) is 55.3. The fraction of sp³-hybridized carbons (Fsp3) is 0.562. The molecule has 0 spiro atoms. The molecule has 0 saturated heterocycles. The minimum Gasteiger partial charge on any atom is -0.494 e. The molecule has 2 heterocycles. The quantitative estimate of drug-likeness (QED) is 0.0161. The molecule has 0 aliphatic carbocycles. The number of hydrogen-bond acceptors (Lipinski definition) is 19. The van der Waals surface area contributed by atoms with E-state index in [0.29, 0.717) is 101 Å². The fourth-order valence-electron chi connectivity index (χ4n) is 7.51. The van der Waals surface area contributed by atoms with E-state index in [1.54, 1.807) is 51.4 Å². The summed E-state index contributed by atoms with van der Waals surface area (Å²) < 4.78 is 82.9. The average molecular weight is 1090 g/mol. The number of hydroxylamine groups is 1. The molecule has 0 bridgehead atoms. The molecular formula is C48H69N9O16S2. The Balaban J connectivity index is 1.14. The number of aryl methyl sites for hydroxylation is 2. The number of amides is 2. The van der Waals surface area contributed by atoms with E-state index in [4.69, 9.17) is 23.8 Å². The lowest BCUT2D eigenvalue weighted by Crippen LogP contribution is -2.57. The van der Waals surface area contributed by atoms with Crippen LogP contribution >= 0.6 is 0 Å². The zero-order valence-corrected chi connectivity index (χ0v) is 44.9. The minimum absolute atomic E-state index is 0.138. The molecule has 3 aromatic rings. The van der Waals surface area contributed by atoms with Crippen molar-refractivity contribution in [3.8, 4) is 5.75 Å². The van der Waals surface area contributed by atoms with E-state index in [0.717, 1.165) is 12.1 Å². The first kappa shape index (κ1) is 61.4. The second-order valence-corrected chi connectivity index (χ2v) is 21.6. The van der Waals surface area contributed by atoms with Crippen LogP contribution in [0.3, 0.4) is 0 Å². The number of anilines is 1. The maximum atomic E-state index is 14.1. The van der Waals surface area contributed by atoms with Crippen LogP contribution in [0.1, 0.15) is 100 Å². The summed E-state index contributed by atoms with van der Waals surface area (Å²) >= 11 is 0. The predicted molar refractivity (Wildman–Crippen MR) is 273 cm³/mol. The molecule has 0 radical (unpaired) electrons. The van der Waals surface area contributed by atoms with Crippen LogP contribution in [0.2, 0.25) is 0 Å². The zero-order valence-electron chi connectivity index (χ0n) is 43.2. The molecule has 0 saturated carbocycles. The maximum Gasteiger partial charge on any atom is 0.327 e. The van der Waals surface area contributed by atoms with Gasteiger partial charge in [-0.1, -0.05) is 11.2 Å². The summed E-state index contributed by atoms with van der Waals surface area (Å²) in [7, 11) is -9.00. The first-order valence-corrected chi connectivity index (χ1v) is 27.3. The van der Waals surface area contributed by atoms with Crippen molar-refractivity contribution in [1.82, 2.24) is 30.3 Å². The van der Waals surface area contributed by atoms with Gasteiger partial charge in [-0.05, 0) is 122 Å². The molecule has 3 atom stereocenters. The Kier molecular flexibility index (Phi) is 23.9. The van der Waals surface area contributed by atoms with Gasteiger partial charge in [0.15, 0.2) is 11.7 Å². The van der Waals surface area contributed by atoms with Crippen molar-refractivity contribution >= 4 is 67.1 Å². The second kappa shape index (κ2) is 29.2. The number of hydrazone groups is 1. The third-order valence-electron chi connectivity index (χ3n) is 11.1. The molecule has 6 N–H and O–H groups in total. The molecule has 27 heteroatoms. The van der Waals surface area contributed by atoms with E-state index in [1.807, 2.05) is 0 Å². The van der Waals surface area contributed by atoms with Crippen molar-refractivity contribution in [1.29, 1.82) is 0 Å². The summed E-state index contributed by atoms with van der Waals surface area (Å²) in [6.07, 6.45) is 6.97. The monoisotopic (exact) mass is 1090 g/mol. The number of hydrogen-bond donors (Lipinski definition) is 6. The Morgan fingerprint density at radius 1 is 0.933 bits per heavy atom. The number of H-pyrrole nitrogens is 1. The summed E-state index contributed by atoms with van der Waals surface area (Å²) in [5.41, 5.74) is 0.459. The number of nitrogens with zero attached hydrogens (tertiary/aromatic N) is 5. The van der Waals surface area contributed by atoms with Gasteiger partial charge in [0.1, 0.15) is 23.3 Å². The summed E-state index contributed by atoms with van der Waals surface area (Å²) in [5, 5.41) is 20.7. The number of ketones is 1. The van der Waals surface area contributed by atoms with Gasteiger partial charge in [-0.2, -0.15) is 13.6 Å². The Bertz CT molecular complexity index is 2690. The number of benzene rings is 2. The molecular weight excluding hydrogens is 1020 g/mol. The number of unbranched alkanes of at least 4 members (excludes halogenated alkanes) is 1. The number of carbonyl (C=O) groups excluding carboxylic acids is 4. The van der Waals surface area contributed by atoms with Crippen LogP contribution in [-0.2, 0) is 64.9 Å². The summed E-state index contributed by atoms with van der Waals surface area (Å²) in [6, 6.07) is 5.24. The number of Topliss-reactive ketones (excluding diaryl/α,β-unsaturated/α-hetero) is 1. The molecule has 2 aromatic carbocycles. The third kappa shape index (κ3) is 20.5. The highest BCUT2D eigenvalue weighted by atomic mass is 32.2. The number of aliphatic carboxylic acids is 1. The number of rotatable bonds is 34. The standard InChI is InChI=1S/C48H69N9O16S2/c1-32-26-38(72-21-10-13-41(59)49-16-11-20-70-23-25-71-24-22-69-19-9-8-12-37(30-74(64,65)66)57(53-31-58)73-48(5,6)7)27-33(2)44(32)75(67,68)55-56(35(4)46(62)63)45(61)42-34(3)43(60)39-15-14-36(28-40(39)54-42)29-52-47-50-17-18-51-47/h14-15,17-18,26-28,34-35,37,55H,8-13,16,19-25,29-30H2,1-7H3,(H,49,59)(H,62,63)(H2,50,51,52)(H,64,65,66). The largest absolute Gasteiger partial charge is 0.494 e. The van der Waals surface area contributed by atoms with Gasteiger partial charge in [-0.25, -0.2) is 37.8 Å². The van der Waals surface area contributed by atoms with Crippen molar-refractivity contribution in [2.24, 2.45) is 16.0 Å². The van der Waals surface area contributed by atoms with Crippen molar-refractivity contribution in [2.45, 2.75) is 116 Å². The lowest BCUT2D eigenvalue weighted by atomic mass is 9.89. The van der Waals surface area contributed by atoms with Crippen molar-refractivity contribution < 1.29 is 74.3 Å². The smallest absolute Gasteiger partial charge is 0.327 e.